The van der Waals surface area contributed by atoms with Gasteiger partial charge in [0.25, 0.3) is 5.91 Å². The Morgan fingerprint density at radius 1 is 1.25 bits per heavy atom. The quantitative estimate of drug-likeness (QED) is 0.756. The van der Waals surface area contributed by atoms with Crippen molar-refractivity contribution in [3.8, 4) is 5.75 Å². The molecule has 0 aliphatic rings. The molecule has 124 valence electrons. The van der Waals surface area contributed by atoms with Gasteiger partial charge >= 0.3 is 0 Å². The number of amides is 1. The number of fused-ring (bicyclic) bond motifs is 1. The number of hydrogen-bond donors (Lipinski definition) is 1. The minimum absolute atomic E-state index is 0.148. The van der Waals surface area contributed by atoms with E-state index in [1.807, 2.05) is 24.3 Å². The first kappa shape index (κ1) is 16.0. The van der Waals surface area contributed by atoms with Crippen LogP contribution in [0.15, 0.2) is 42.6 Å². The van der Waals surface area contributed by atoms with Gasteiger partial charge in [0.2, 0.25) is 0 Å². The minimum Gasteiger partial charge on any atom is -0.496 e. The summed E-state index contributed by atoms with van der Waals surface area (Å²) in [6.07, 6.45) is 2.41. The van der Waals surface area contributed by atoms with Gasteiger partial charge in [-0.15, -0.1) is 0 Å². The topological polar surface area (TPSA) is 69.0 Å². The van der Waals surface area contributed by atoms with Gasteiger partial charge in [0.05, 0.1) is 12.7 Å². The number of ether oxygens (including phenoxy) is 1. The summed E-state index contributed by atoms with van der Waals surface area (Å²) in [5.74, 6) is 1.34. The molecular weight excluding hydrogens is 304 g/mol. The van der Waals surface area contributed by atoms with E-state index < -0.39 is 0 Å². The summed E-state index contributed by atoms with van der Waals surface area (Å²) >= 11 is 0. The summed E-state index contributed by atoms with van der Waals surface area (Å²) < 4.78 is 7.30. The highest BCUT2D eigenvalue weighted by molar-refractivity contribution is 5.96. The molecule has 3 aromatic rings. The van der Waals surface area contributed by atoms with Gasteiger partial charge in [0, 0.05) is 25.7 Å². The van der Waals surface area contributed by atoms with Gasteiger partial charge in [-0.05, 0) is 31.2 Å². The third kappa shape index (κ3) is 3.08. The van der Waals surface area contributed by atoms with Crippen LogP contribution >= 0.6 is 0 Å². The number of aryl methyl sites for hydroxylation is 1. The summed E-state index contributed by atoms with van der Waals surface area (Å²) in [5, 5.41) is 2.93. The largest absolute Gasteiger partial charge is 0.496 e. The van der Waals surface area contributed by atoms with Crippen molar-refractivity contribution in [3.05, 3.63) is 54.0 Å². The molecule has 2 heterocycles. The van der Waals surface area contributed by atoms with Crippen LogP contribution in [0.1, 0.15) is 23.1 Å². The molecule has 3 rings (SSSR count). The van der Waals surface area contributed by atoms with Crippen molar-refractivity contribution >= 4 is 17.1 Å². The summed E-state index contributed by atoms with van der Waals surface area (Å²) in [6, 6.07) is 11.0. The maximum atomic E-state index is 12.3. The molecule has 0 unspecified atom stereocenters. The van der Waals surface area contributed by atoms with Crippen molar-refractivity contribution in [2.75, 3.05) is 13.7 Å². The lowest BCUT2D eigenvalue weighted by Crippen LogP contribution is -2.26. The van der Waals surface area contributed by atoms with E-state index in [0.717, 1.165) is 23.5 Å². The zero-order chi connectivity index (χ0) is 16.9. The van der Waals surface area contributed by atoms with E-state index in [9.17, 15) is 4.79 Å². The normalized spacial score (nSPS) is 10.8. The Kier molecular flexibility index (Phi) is 4.74. The van der Waals surface area contributed by atoms with Crippen molar-refractivity contribution in [2.24, 2.45) is 0 Å². The molecule has 0 bridgehead atoms. The van der Waals surface area contributed by atoms with E-state index in [0.29, 0.717) is 24.3 Å². The number of aromatic nitrogens is 3. The Bertz CT molecular complexity index is 857. The summed E-state index contributed by atoms with van der Waals surface area (Å²) in [5.41, 5.74) is 2.29. The standard InChI is InChI=1S/C18H20N4O2/c1-3-22-16(21-14-8-6-11-19-17(14)22)10-12-20-18(23)13-7-4-5-9-15(13)24-2/h4-9,11H,3,10,12H2,1-2H3,(H,20,23). The molecule has 0 saturated heterocycles. The number of nitrogens with one attached hydrogen (secondary N) is 1. The van der Waals surface area contributed by atoms with Crippen molar-refractivity contribution in [3.63, 3.8) is 0 Å². The van der Waals surface area contributed by atoms with Crippen LogP contribution in [-0.2, 0) is 13.0 Å². The fourth-order valence-corrected chi connectivity index (χ4v) is 2.74. The Morgan fingerprint density at radius 2 is 2.08 bits per heavy atom. The third-order valence-electron chi connectivity index (χ3n) is 3.88. The first-order valence-corrected chi connectivity index (χ1v) is 7.96. The SMILES string of the molecule is CCn1c(CCNC(=O)c2ccccc2OC)nc2cccnc21. The van der Waals surface area contributed by atoms with Crippen LogP contribution in [-0.4, -0.2) is 34.1 Å². The number of carbonyl (C=O) groups is 1. The first-order valence-electron chi connectivity index (χ1n) is 7.96. The van der Waals surface area contributed by atoms with Crippen LogP contribution in [0.3, 0.4) is 0 Å². The minimum atomic E-state index is -0.148. The van der Waals surface area contributed by atoms with Crippen molar-refractivity contribution in [1.29, 1.82) is 0 Å². The molecule has 0 fully saturated rings. The molecule has 2 aromatic heterocycles. The molecule has 1 aromatic carbocycles. The maximum Gasteiger partial charge on any atom is 0.255 e. The number of carbonyl (C=O) groups excluding carboxylic acids is 1. The van der Waals surface area contributed by atoms with Crippen LogP contribution < -0.4 is 10.1 Å². The van der Waals surface area contributed by atoms with E-state index in [1.54, 1.807) is 25.4 Å². The molecule has 0 aliphatic heterocycles. The predicted octanol–water partition coefficient (Wildman–Crippen LogP) is 2.43. The number of hydrogen-bond acceptors (Lipinski definition) is 4. The number of benzene rings is 1. The van der Waals surface area contributed by atoms with Crippen LogP contribution in [0.4, 0.5) is 0 Å². The number of imidazole rings is 1. The van der Waals surface area contributed by atoms with Gasteiger partial charge in [-0.1, -0.05) is 12.1 Å². The van der Waals surface area contributed by atoms with Crippen molar-refractivity contribution in [1.82, 2.24) is 19.9 Å². The summed E-state index contributed by atoms with van der Waals surface area (Å²) in [4.78, 5) is 21.3. The maximum absolute atomic E-state index is 12.3. The first-order chi connectivity index (χ1) is 11.7. The molecular formula is C18H20N4O2. The Balaban J connectivity index is 1.69. The van der Waals surface area contributed by atoms with Gasteiger partial charge < -0.3 is 14.6 Å². The van der Waals surface area contributed by atoms with Crippen molar-refractivity contribution in [2.45, 2.75) is 19.9 Å². The smallest absolute Gasteiger partial charge is 0.255 e. The third-order valence-corrected chi connectivity index (χ3v) is 3.88. The molecule has 0 saturated carbocycles. The van der Waals surface area contributed by atoms with E-state index in [-0.39, 0.29) is 5.91 Å². The van der Waals surface area contributed by atoms with Gasteiger partial charge in [0.1, 0.15) is 17.1 Å². The Hall–Kier alpha value is -2.89. The number of pyridine rings is 1. The van der Waals surface area contributed by atoms with E-state index >= 15 is 0 Å². The number of para-hydroxylation sites is 1. The fraction of sp³-hybridized carbons (Fsp3) is 0.278. The monoisotopic (exact) mass is 324 g/mol. The average molecular weight is 324 g/mol. The van der Waals surface area contributed by atoms with Crippen molar-refractivity contribution < 1.29 is 9.53 Å². The van der Waals surface area contributed by atoms with Gasteiger partial charge in [-0.3, -0.25) is 4.79 Å². The Labute approximate surface area is 140 Å². The molecule has 0 spiro atoms. The number of rotatable bonds is 6. The lowest BCUT2D eigenvalue weighted by atomic mass is 10.2. The van der Waals surface area contributed by atoms with Crippen LogP contribution in [0.2, 0.25) is 0 Å². The fourth-order valence-electron chi connectivity index (χ4n) is 2.74. The molecule has 1 N–H and O–H groups in total. The molecule has 0 aliphatic carbocycles. The molecule has 6 heteroatoms. The molecule has 1 amide bonds. The van der Waals surface area contributed by atoms with Gasteiger partial charge in [-0.2, -0.15) is 0 Å². The lowest BCUT2D eigenvalue weighted by molar-refractivity contribution is 0.0951. The van der Waals surface area contributed by atoms with Crippen LogP contribution in [0.25, 0.3) is 11.2 Å². The van der Waals surface area contributed by atoms with E-state index in [4.69, 9.17) is 4.74 Å². The second-order valence-corrected chi connectivity index (χ2v) is 5.32. The molecule has 0 atom stereocenters. The molecule has 24 heavy (non-hydrogen) atoms. The van der Waals surface area contributed by atoms with Crippen LogP contribution in [0, 0.1) is 0 Å². The molecule has 6 nitrogen and oxygen atoms in total. The zero-order valence-corrected chi connectivity index (χ0v) is 13.8. The second-order valence-electron chi connectivity index (χ2n) is 5.32. The second kappa shape index (κ2) is 7.12. The van der Waals surface area contributed by atoms with Crippen LogP contribution in [0.5, 0.6) is 5.75 Å². The predicted molar refractivity (Wildman–Crippen MR) is 92.2 cm³/mol. The average Bonchev–Trinajstić information content (AvgIpc) is 2.98. The van der Waals surface area contributed by atoms with Gasteiger partial charge in [-0.25, -0.2) is 9.97 Å². The Morgan fingerprint density at radius 3 is 2.88 bits per heavy atom. The number of nitrogens with zero attached hydrogens (tertiary/aromatic N) is 3. The lowest BCUT2D eigenvalue weighted by Gasteiger charge is -2.09. The highest BCUT2D eigenvalue weighted by Crippen LogP contribution is 2.17. The highest BCUT2D eigenvalue weighted by atomic mass is 16.5. The summed E-state index contributed by atoms with van der Waals surface area (Å²) in [6.45, 7) is 3.36. The summed E-state index contributed by atoms with van der Waals surface area (Å²) in [7, 11) is 1.56. The van der Waals surface area contributed by atoms with E-state index in [1.165, 1.54) is 0 Å². The van der Waals surface area contributed by atoms with E-state index in [2.05, 4.69) is 26.8 Å². The zero-order valence-electron chi connectivity index (χ0n) is 13.8. The highest BCUT2D eigenvalue weighted by Gasteiger charge is 2.13. The molecule has 0 radical (unpaired) electrons. The van der Waals surface area contributed by atoms with Gasteiger partial charge in [0.15, 0.2) is 5.65 Å². The number of methoxy groups -OCH3 is 1.